The predicted molar refractivity (Wildman–Crippen MR) is 169 cm³/mol. The maximum atomic E-state index is 13.2. The lowest BCUT2D eigenvalue weighted by Crippen LogP contribution is -2.60. The first-order chi connectivity index (χ1) is 23.1. The van der Waals surface area contributed by atoms with Crippen LogP contribution in [0.25, 0.3) is 0 Å². The number of rotatable bonds is 13. The van der Waals surface area contributed by atoms with E-state index in [2.05, 4.69) is 0 Å². The third-order valence-electron chi connectivity index (χ3n) is 8.39. The summed E-state index contributed by atoms with van der Waals surface area (Å²) in [5, 5.41) is 63.7. The minimum atomic E-state index is -1.82. The van der Waals surface area contributed by atoms with Crippen LogP contribution < -0.4 is 14.2 Å². The van der Waals surface area contributed by atoms with E-state index in [1.54, 1.807) is 13.0 Å². The highest BCUT2D eigenvalue weighted by Gasteiger charge is 2.46. The highest BCUT2D eigenvalue weighted by atomic mass is 16.7. The summed E-state index contributed by atoms with van der Waals surface area (Å²) in [5.41, 5.74) is -1.09. The quantitative estimate of drug-likeness (QED) is 0.130. The molecule has 0 radical (unpaired) electrons. The van der Waals surface area contributed by atoms with Gasteiger partial charge in [0.1, 0.15) is 71.4 Å². The Hall–Kier alpha value is -4.15. The van der Waals surface area contributed by atoms with Crippen LogP contribution in [-0.4, -0.2) is 105 Å². The van der Waals surface area contributed by atoms with Crippen molar-refractivity contribution in [1.82, 2.24) is 0 Å². The number of ketones is 1. The highest BCUT2D eigenvalue weighted by molar-refractivity contribution is 6.04. The number of esters is 2. The fourth-order valence-electron chi connectivity index (χ4n) is 5.67. The van der Waals surface area contributed by atoms with E-state index in [1.807, 2.05) is 6.92 Å². The number of benzene rings is 2. The van der Waals surface area contributed by atoms with E-state index in [1.165, 1.54) is 33.1 Å². The number of Topliss-reactive ketones (excluding diaryl/α,β-unsaturated/α-hetero) is 1. The van der Waals surface area contributed by atoms with E-state index in [0.29, 0.717) is 17.7 Å². The van der Waals surface area contributed by atoms with Gasteiger partial charge in [-0.2, -0.15) is 0 Å². The molecule has 7 atom stereocenters. The molecule has 1 fully saturated rings. The lowest BCUT2D eigenvalue weighted by Gasteiger charge is -2.40. The topological polar surface area (TPSA) is 228 Å². The number of fused-ring (bicyclic) bond motifs is 1. The maximum absolute atomic E-state index is 13.2. The minimum Gasteiger partial charge on any atom is -0.508 e. The number of hydrogen-bond acceptors (Lipinski definition) is 15. The molecule has 2 heterocycles. The Balaban J connectivity index is 1.49. The van der Waals surface area contributed by atoms with Crippen LogP contribution in [0.4, 0.5) is 0 Å². The monoisotopic (exact) mass is 692 g/mol. The van der Waals surface area contributed by atoms with Crippen molar-refractivity contribution < 1.29 is 73.4 Å². The molecule has 0 bridgehead atoms. The van der Waals surface area contributed by atoms with Gasteiger partial charge in [-0.15, -0.1) is 0 Å². The number of aliphatic hydroxyl groups is 4. The predicted octanol–water partition coefficient (Wildman–Crippen LogP) is 2.03. The molecule has 15 nitrogen and oxygen atoms in total. The number of phenols is 2. The number of aromatic hydroxyl groups is 2. The van der Waals surface area contributed by atoms with Crippen molar-refractivity contribution in [3.63, 3.8) is 0 Å². The molecule has 0 aliphatic carbocycles. The summed E-state index contributed by atoms with van der Waals surface area (Å²) in [6.07, 6.45) is -9.04. The summed E-state index contributed by atoms with van der Waals surface area (Å²) in [6.45, 7) is 5.76. The van der Waals surface area contributed by atoms with Gasteiger partial charge in [0.15, 0.2) is 5.78 Å². The standard InChI is InChI=1S/C34H44O15/c1-6-7-8-45-24(37)13-34(4,43)14-25(38)46-15-23-28(40)29(41)30(42)33(48-23)49-31-16(2)27(39)26-21(36)12-22(47-32(26)17(31)3)18-9-19(35)11-20(10-18)44-5/h9-11,22-23,28-30,33,35,39-43H,6-8,12-15H2,1-5H3/t22?,23-,28-,29+,30-,33+,34?/m1/s1. The van der Waals surface area contributed by atoms with Gasteiger partial charge in [-0.1, -0.05) is 13.3 Å². The average Bonchev–Trinajstić information content (AvgIpc) is 3.03. The Bertz CT molecular complexity index is 1540. The molecule has 2 aliphatic rings. The fourth-order valence-corrected chi connectivity index (χ4v) is 5.67. The summed E-state index contributed by atoms with van der Waals surface area (Å²) < 4.78 is 33.2. The van der Waals surface area contributed by atoms with Gasteiger partial charge >= 0.3 is 11.9 Å². The third kappa shape index (κ3) is 8.72. The number of carbonyl (C=O) groups is 3. The molecule has 2 aromatic rings. The smallest absolute Gasteiger partial charge is 0.308 e. The molecule has 270 valence electrons. The van der Waals surface area contributed by atoms with Gasteiger partial charge in [-0.25, -0.2) is 0 Å². The molecule has 4 rings (SSSR count). The van der Waals surface area contributed by atoms with Gasteiger partial charge < -0.3 is 59.1 Å². The number of ether oxygens (including phenoxy) is 6. The first-order valence-electron chi connectivity index (χ1n) is 15.9. The van der Waals surface area contributed by atoms with Crippen LogP contribution in [0.15, 0.2) is 18.2 Å². The van der Waals surface area contributed by atoms with Crippen LogP contribution in [0.1, 0.15) is 79.1 Å². The summed E-state index contributed by atoms with van der Waals surface area (Å²) in [5.74, 6) is -2.34. The van der Waals surface area contributed by atoms with Gasteiger partial charge in [0.05, 0.1) is 38.6 Å². The first kappa shape index (κ1) is 37.7. The number of aliphatic hydroxyl groups excluding tert-OH is 3. The second-order valence-corrected chi connectivity index (χ2v) is 12.6. The summed E-state index contributed by atoms with van der Waals surface area (Å²) in [6, 6.07) is 4.40. The lowest BCUT2D eigenvalue weighted by molar-refractivity contribution is -0.279. The molecule has 2 unspecified atom stereocenters. The summed E-state index contributed by atoms with van der Waals surface area (Å²) in [7, 11) is 1.42. The molecule has 15 heteroatoms. The second-order valence-electron chi connectivity index (χ2n) is 12.6. The van der Waals surface area contributed by atoms with Gasteiger partial charge in [0.25, 0.3) is 0 Å². The van der Waals surface area contributed by atoms with Crippen molar-refractivity contribution >= 4 is 17.7 Å². The number of phenolic OH excluding ortho intramolecular Hbond substituents is 2. The summed E-state index contributed by atoms with van der Waals surface area (Å²) in [4.78, 5) is 37.8. The zero-order valence-electron chi connectivity index (χ0n) is 28.0. The lowest BCUT2D eigenvalue weighted by atomic mass is 9.91. The molecule has 2 aromatic carbocycles. The molecule has 1 saturated heterocycles. The molecule has 6 N–H and O–H groups in total. The van der Waals surface area contributed by atoms with E-state index in [-0.39, 0.29) is 47.0 Å². The Morgan fingerprint density at radius 3 is 2.31 bits per heavy atom. The van der Waals surface area contributed by atoms with E-state index in [9.17, 15) is 45.0 Å². The van der Waals surface area contributed by atoms with Crippen LogP contribution >= 0.6 is 0 Å². The van der Waals surface area contributed by atoms with E-state index < -0.39 is 85.3 Å². The number of carbonyl (C=O) groups excluding carboxylic acids is 3. The molecule has 0 amide bonds. The molecule has 49 heavy (non-hydrogen) atoms. The molecule has 2 aliphatic heterocycles. The second kappa shape index (κ2) is 15.6. The zero-order chi connectivity index (χ0) is 36.2. The first-order valence-corrected chi connectivity index (χ1v) is 15.9. The van der Waals surface area contributed by atoms with Crippen molar-refractivity contribution in [2.75, 3.05) is 20.3 Å². The number of methoxy groups -OCH3 is 1. The van der Waals surface area contributed by atoms with Crippen LogP contribution in [0.5, 0.6) is 28.7 Å². The highest BCUT2D eigenvalue weighted by Crippen LogP contribution is 2.48. The molecule has 0 saturated carbocycles. The van der Waals surface area contributed by atoms with E-state index >= 15 is 0 Å². The van der Waals surface area contributed by atoms with Crippen molar-refractivity contribution in [1.29, 1.82) is 0 Å². The van der Waals surface area contributed by atoms with E-state index in [4.69, 9.17) is 28.4 Å². The molecular weight excluding hydrogens is 648 g/mol. The van der Waals surface area contributed by atoms with Crippen molar-refractivity contribution in [3.05, 3.63) is 40.5 Å². The largest absolute Gasteiger partial charge is 0.508 e. The third-order valence-corrected chi connectivity index (χ3v) is 8.39. The SMILES string of the molecule is CCCCOC(=O)CC(C)(O)CC(=O)OC[C@H]1O[C@@H](Oc2c(C)c(O)c3c(c2C)OC(c2cc(O)cc(OC)c2)CC3=O)[C@H](O)[C@@H](O)[C@@H]1O. The van der Waals surface area contributed by atoms with Crippen LogP contribution in [0, 0.1) is 13.8 Å². The minimum absolute atomic E-state index is 0.0145. The average molecular weight is 693 g/mol. The Labute approximate surface area is 282 Å². The summed E-state index contributed by atoms with van der Waals surface area (Å²) >= 11 is 0. The maximum Gasteiger partial charge on any atom is 0.308 e. The Morgan fingerprint density at radius 2 is 1.65 bits per heavy atom. The zero-order valence-corrected chi connectivity index (χ0v) is 28.0. The normalized spacial score (nSPS) is 24.6. The number of hydrogen-bond donors (Lipinski definition) is 6. The van der Waals surface area contributed by atoms with Gasteiger partial charge in [-0.05, 0) is 39.3 Å². The van der Waals surface area contributed by atoms with Crippen LogP contribution in [0.2, 0.25) is 0 Å². The van der Waals surface area contributed by atoms with E-state index in [0.717, 1.165) is 6.42 Å². The Kier molecular flexibility index (Phi) is 12.0. The van der Waals surface area contributed by atoms with Crippen molar-refractivity contribution in [3.8, 4) is 28.7 Å². The van der Waals surface area contributed by atoms with Gasteiger partial charge in [0, 0.05) is 22.8 Å². The molecule has 0 aromatic heterocycles. The van der Waals surface area contributed by atoms with Crippen LogP contribution in [0.3, 0.4) is 0 Å². The van der Waals surface area contributed by atoms with Crippen molar-refractivity contribution in [2.45, 2.75) is 102 Å². The van der Waals surface area contributed by atoms with Crippen LogP contribution in [-0.2, 0) is 23.8 Å². The van der Waals surface area contributed by atoms with Gasteiger partial charge in [-0.3, -0.25) is 14.4 Å². The molecule has 0 spiro atoms. The Morgan fingerprint density at radius 1 is 0.980 bits per heavy atom. The number of unbranched alkanes of at least 4 members (excludes halogenated alkanes) is 1. The van der Waals surface area contributed by atoms with Gasteiger partial charge in [0.2, 0.25) is 6.29 Å². The molecular formula is C34H44O15. The van der Waals surface area contributed by atoms with Crippen molar-refractivity contribution in [2.24, 2.45) is 0 Å². The fraction of sp³-hybridized carbons (Fsp3) is 0.559.